The third-order valence-electron chi connectivity index (χ3n) is 5.48. The molecule has 3 heteroatoms. The van der Waals surface area contributed by atoms with E-state index < -0.39 is 0 Å². The minimum absolute atomic E-state index is 0.398. The SMILES string of the molecule is CCCC1CCC(=O)N(CC(NCC)C2CCCC2)CC1. The third-order valence-corrected chi connectivity index (χ3v) is 5.48. The molecule has 0 spiro atoms. The van der Waals surface area contributed by atoms with Crippen LogP contribution in [0, 0.1) is 11.8 Å². The van der Waals surface area contributed by atoms with Crippen molar-refractivity contribution in [3.05, 3.63) is 0 Å². The lowest BCUT2D eigenvalue weighted by molar-refractivity contribution is -0.131. The highest BCUT2D eigenvalue weighted by Gasteiger charge is 2.29. The molecule has 21 heavy (non-hydrogen) atoms. The summed E-state index contributed by atoms with van der Waals surface area (Å²) in [5.41, 5.74) is 0. The van der Waals surface area contributed by atoms with Gasteiger partial charge >= 0.3 is 0 Å². The van der Waals surface area contributed by atoms with Gasteiger partial charge in [-0.2, -0.15) is 0 Å². The van der Waals surface area contributed by atoms with Crippen molar-refractivity contribution in [2.75, 3.05) is 19.6 Å². The van der Waals surface area contributed by atoms with Gasteiger partial charge in [0.1, 0.15) is 0 Å². The molecule has 0 radical (unpaired) electrons. The lowest BCUT2D eigenvalue weighted by Crippen LogP contribution is -2.47. The van der Waals surface area contributed by atoms with E-state index in [2.05, 4.69) is 24.1 Å². The van der Waals surface area contributed by atoms with E-state index in [4.69, 9.17) is 0 Å². The number of likely N-dealkylation sites (tertiary alicyclic amines) is 1. The van der Waals surface area contributed by atoms with Gasteiger partial charge in [0, 0.05) is 25.6 Å². The summed E-state index contributed by atoms with van der Waals surface area (Å²) in [5.74, 6) is 1.95. The first-order chi connectivity index (χ1) is 10.2. The Morgan fingerprint density at radius 2 is 1.95 bits per heavy atom. The van der Waals surface area contributed by atoms with Gasteiger partial charge in [0.2, 0.25) is 5.91 Å². The number of rotatable bonds is 7. The Morgan fingerprint density at radius 1 is 1.19 bits per heavy atom. The molecule has 2 rings (SSSR count). The predicted molar refractivity (Wildman–Crippen MR) is 88.3 cm³/mol. The molecule has 3 nitrogen and oxygen atoms in total. The van der Waals surface area contributed by atoms with Crippen molar-refractivity contribution in [2.45, 2.75) is 77.7 Å². The summed E-state index contributed by atoms with van der Waals surface area (Å²) < 4.78 is 0. The summed E-state index contributed by atoms with van der Waals surface area (Å²) >= 11 is 0. The van der Waals surface area contributed by atoms with E-state index in [-0.39, 0.29) is 0 Å². The Bertz CT molecular complexity index is 312. The second kappa shape index (κ2) is 8.77. The van der Waals surface area contributed by atoms with E-state index in [9.17, 15) is 4.79 Å². The fraction of sp³-hybridized carbons (Fsp3) is 0.944. The first kappa shape index (κ1) is 16.8. The fourth-order valence-electron chi connectivity index (χ4n) is 4.22. The molecule has 122 valence electrons. The molecule has 1 heterocycles. The quantitative estimate of drug-likeness (QED) is 0.778. The Labute approximate surface area is 130 Å². The van der Waals surface area contributed by atoms with Crippen LogP contribution >= 0.6 is 0 Å². The average molecular weight is 294 g/mol. The van der Waals surface area contributed by atoms with Crippen molar-refractivity contribution in [1.29, 1.82) is 0 Å². The standard InChI is InChI=1S/C18H34N2O/c1-3-7-15-10-11-18(21)20(13-12-15)14-17(19-4-2)16-8-5-6-9-16/h15-17,19H,3-14H2,1-2H3. The van der Waals surface area contributed by atoms with Crippen LogP contribution in [0.5, 0.6) is 0 Å². The molecule has 1 amide bonds. The van der Waals surface area contributed by atoms with Crippen LogP contribution in [0.1, 0.15) is 71.6 Å². The van der Waals surface area contributed by atoms with Gasteiger partial charge in [-0.25, -0.2) is 0 Å². The van der Waals surface area contributed by atoms with Crippen LogP contribution < -0.4 is 5.32 Å². The maximum absolute atomic E-state index is 12.4. The topological polar surface area (TPSA) is 32.3 Å². The van der Waals surface area contributed by atoms with Gasteiger partial charge in [-0.1, -0.05) is 39.5 Å². The van der Waals surface area contributed by atoms with Crippen molar-refractivity contribution in [1.82, 2.24) is 10.2 Å². The Hall–Kier alpha value is -0.570. The van der Waals surface area contributed by atoms with Crippen LogP contribution in [0.2, 0.25) is 0 Å². The summed E-state index contributed by atoms with van der Waals surface area (Å²) in [7, 11) is 0. The molecule has 0 aromatic heterocycles. The molecule has 1 aliphatic carbocycles. The molecule has 0 bridgehead atoms. The molecule has 1 saturated carbocycles. The van der Waals surface area contributed by atoms with Crippen LogP contribution in [0.25, 0.3) is 0 Å². The van der Waals surface area contributed by atoms with E-state index in [0.29, 0.717) is 11.9 Å². The zero-order chi connectivity index (χ0) is 15.1. The number of hydrogen-bond donors (Lipinski definition) is 1. The third kappa shape index (κ3) is 4.98. The minimum atomic E-state index is 0.398. The van der Waals surface area contributed by atoms with Crippen molar-refractivity contribution in [3.63, 3.8) is 0 Å². The zero-order valence-electron chi connectivity index (χ0n) is 14.1. The number of carbonyl (C=O) groups excluding carboxylic acids is 1. The number of nitrogens with zero attached hydrogens (tertiary/aromatic N) is 1. The monoisotopic (exact) mass is 294 g/mol. The summed E-state index contributed by atoms with van der Waals surface area (Å²) in [6.07, 6.45) is 11.1. The lowest BCUT2D eigenvalue weighted by Gasteiger charge is -2.31. The van der Waals surface area contributed by atoms with Crippen LogP contribution in [0.3, 0.4) is 0 Å². The average Bonchev–Trinajstić information content (AvgIpc) is 2.95. The molecule has 0 aromatic carbocycles. The lowest BCUT2D eigenvalue weighted by atomic mass is 9.96. The smallest absolute Gasteiger partial charge is 0.222 e. The van der Waals surface area contributed by atoms with Crippen LogP contribution in [0.15, 0.2) is 0 Å². The summed E-state index contributed by atoms with van der Waals surface area (Å²) in [5, 5.41) is 3.66. The predicted octanol–water partition coefficient (Wildman–Crippen LogP) is 3.58. The second-order valence-corrected chi connectivity index (χ2v) is 7.03. The van der Waals surface area contributed by atoms with Gasteiger partial charge < -0.3 is 10.2 Å². The molecule has 2 fully saturated rings. The molecular weight excluding hydrogens is 260 g/mol. The summed E-state index contributed by atoms with van der Waals surface area (Å²) in [6, 6.07) is 0.518. The Kier molecular flexibility index (Phi) is 7.01. The van der Waals surface area contributed by atoms with Crippen LogP contribution in [-0.4, -0.2) is 36.5 Å². The maximum Gasteiger partial charge on any atom is 0.222 e. The molecule has 2 unspecified atom stereocenters. The normalized spacial score (nSPS) is 26.1. The van der Waals surface area contributed by atoms with E-state index >= 15 is 0 Å². The fourth-order valence-corrected chi connectivity index (χ4v) is 4.22. The molecular formula is C18H34N2O. The van der Waals surface area contributed by atoms with Gasteiger partial charge in [0.25, 0.3) is 0 Å². The van der Waals surface area contributed by atoms with E-state index in [1.165, 1.54) is 44.9 Å². The first-order valence-electron chi connectivity index (χ1n) is 9.25. The molecule has 1 N–H and O–H groups in total. The highest BCUT2D eigenvalue weighted by atomic mass is 16.2. The van der Waals surface area contributed by atoms with Crippen molar-refractivity contribution in [2.24, 2.45) is 11.8 Å². The minimum Gasteiger partial charge on any atom is -0.341 e. The molecule has 0 aromatic rings. The van der Waals surface area contributed by atoms with Gasteiger partial charge in [0.05, 0.1) is 0 Å². The molecule has 2 aliphatic rings. The molecule has 1 saturated heterocycles. The second-order valence-electron chi connectivity index (χ2n) is 7.03. The Balaban J connectivity index is 1.90. The van der Waals surface area contributed by atoms with Gasteiger partial charge in [-0.15, -0.1) is 0 Å². The van der Waals surface area contributed by atoms with Gasteiger partial charge in [-0.05, 0) is 44.1 Å². The van der Waals surface area contributed by atoms with E-state index in [1.54, 1.807) is 0 Å². The van der Waals surface area contributed by atoms with Gasteiger partial charge in [0.15, 0.2) is 0 Å². The summed E-state index contributed by atoms with van der Waals surface area (Å²) in [6.45, 7) is 7.38. The number of carbonyl (C=O) groups is 1. The highest BCUT2D eigenvalue weighted by molar-refractivity contribution is 5.76. The number of nitrogens with one attached hydrogen (secondary N) is 1. The summed E-state index contributed by atoms with van der Waals surface area (Å²) in [4.78, 5) is 14.6. The van der Waals surface area contributed by atoms with Crippen molar-refractivity contribution in [3.8, 4) is 0 Å². The van der Waals surface area contributed by atoms with Crippen LogP contribution in [-0.2, 0) is 4.79 Å². The number of likely N-dealkylation sites (N-methyl/N-ethyl adjacent to an activating group) is 1. The largest absolute Gasteiger partial charge is 0.341 e. The Morgan fingerprint density at radius 3 is 2.62 bits per heavy atom. The van der Waals surface area contributed by atoms with Crippen LogP contribution in [0.4, 0.5) is 0 Å². The van der Waals surface area contributed by atoms with Crippen molar-refractivity contribution < 1.29 is 4.79 Å². The maximum atomic E-state index is 12.4. The number of amides is 1. The zero-order valence-corrected chi connectivity index (χ0v) is 14.1. The number of hydrogen-bond acceptors (Lipinski definition) is 2. The van der Waals surface area contributed by atoms with E-state index in [1.807, 2.05) is 0 Å². The van der Waals surface area contributed by atoms with Gasteiger partial charge in [-0.3, -0.25) is 4.79 Å². The highest BCUT2D eigenvalue weighted by Crippen LogP contribution is 2.29. The van der Waals surface area contributed by atoms with Crippen molar-refractivity contribution >= 4 is 5.91 Å². The first-order valence-corrected chi connectivity index (χ1v) is 9.25. The molecule has 1 aliphatic heterocycles. The van der Waals surface area contributed by atoms with E-state index in [0.717, 1.165) is 44.3 Å². The molecule has 2 atom stereocenters.